The molecular formula is C15H23FN2O2S. The van der Waals surface area contributed by atoms with Crippen molar-refractivity contribution < 1.29 is 12.8 Å². The van der Waals surface area contributed by atoms with Gasteiger partial charge >= 0.3 is 0 Å². The predicted octanol–water partition coefficient (Wildman–Crippen LogP) is 2.36. The van der Waals surface area contributed by atoms with Crippen molar-refractivity contribution in [1.29, 1.82) is 0 Å². The molecule has 4 nitrogen and oxygen atoms in total. The second kappa shape index (κ2) is 6.02. The topological polar surface area (TPSA) is 49.4 Å². The van der Waals surface area contributed by atoms with Crippen molar-refractivity contribution in [1.82, 2.24) is 9.62 Å². The molecule has 6 heteroatoms. The summed E-state index contributed by atoms with van der Waals surface area (Å²) in [4.78, 5) is 0.0783. The minimum absolute atomic E-state index is 0.0399. The van der Waals surface area contributed by atoms with Crippen molar-refractivity contribution in [2.45, 2.75) is 38.1 Å². The monoisotopic (exact) mass is 314 g/mol. The Kier molecular flexibility index (Phi) is 4.70. The smallest absolute Gasteiger partial charge is 0.243 e. The van der Waals surface area contributed by atoms with E-state index in [0.717, 1.165) is 18.9 Å². The average molecular weight is 314 g/mol. The van der Waals surface area contributed by atoms with Crippen LogP contribution in [0.25, 0.3) is 0 Å². The van der Waals surface area contributed by atoms with Crippen molar-refractivity contribution in [2.75, 3.05) is 20.1 Å². The summed E-state index contributed by atoms with van der Waals surface area (Å²) >= 11 is 0. The van der Waals surface area contributed by atoms with Gasteiger partial charge in [-0.1, -0.05) is 19.9 Å². The van der Waals surface area contributed by atoms with Gasteiger partial charge in [-0.05, 0) is 43.0 Å². The highest BCUT2D eigenvalue weighted by Crippen LogP contribution is 2.32. The molecule has 0 saturated carbocycles. The second-order valence-electron chi connectivity index (χ2n) is 6.39. The van der Waals surface area contributed by atoms with Crippen LogP contribution in [0.3, 0.4) is 0 Å². The standard InChI is InChI=1S/C15H23FN2O2S/c1-15(2)7-4-8-18(11-15)21(19,20)14-9-13(16)6-5-12(14)10-17-3/h5-6,9,17H,4,7-8,10-11H2,1-3H3. The molecule has 2 rings (SSSR count). The van der Waals surface area contributed by atoms with Crippen LogP contribution in [-0.2, 0) is 16.6 Å². The molecule has 0 atom stereocenters. The number of rotatable bonds is 4. The molecule has 1 N–H and O–H groups in total. The first-order valence-electron chi connectivity index (χ1n) is 7.19. The molecule has 0 radical (unpaired) electrons. The van der Waals surface area contributed by atoms with Crippen LogP contribution < -0.4 is 5.32 Å². The summed E-state index contributed by atoms with van der Waals surface area (Å²) in [7, 11) is -1.92. The van der Waals surface area contributed by atoms with Crippen LogP contribution in [0.2, 0.25) is 0 Å². The van der Waals surface area contributed by atoms with Crippen LogP contribution in [0.1, 0.15) is 32.3 Å². The lowest BCUT2D eigenvalue weighted by Crippen LogP contribution is -2.43. The summed E-state index contributed by atoms with van der Waals surface area (Å²) in [5.41, 5.74) is 0.559. The van der Waals surface area contributed by atoms with Crippen LogP contribution in [0.4, 0.5) is 4.39 Å². The Hall–Kier alpha value is -0.980. The third-order valence-electron chi connectivity index (χ3n) is 3.88. The van der Waals surface area contributed by atoms with E-state index >= 15 is 0 Å². The van der Waals surface area contributed by atoms with E-state index in [1.807, 2.05) is 0 Å². The summed E-state index contributed by atoms with van der Waals surface area (Å²) in [6, 6.07) is 3.96. The number of nitrogens with one attached hydrogen (secondary N) is 1. The molecule has 0 bridgehead atoms. The Morgan fingerprint density at radius 3 is 2.71 bits per heavy atom. The van der Waals surface area contributed by atoms with E-state index in [1.54, 1.807) is 7.05 Å². The first-order valence-corrected chi connectivity index (χ1v) is 8.63. The minimum atomic E-state index is -3.66. The van der Waals surface area contributed by atoms with Gasteiger partial charge in [-0.3, -0.25) is 0 Å². The highest BCUT2D eigenvalue weighted by molar-refractivity contribution is 7.89. The van der Waals surface area contributed by atoms with Gasteiger partial charge in [-0.2, -0.15) is 4.31 Å². The third-order valence-corrected chi connectivity index (χ3v) is 5.81. The largest absolute Gasteiger partial charge is 0.316 e. The van der Waals surface area contributed by atoms with Gasteiger partial charge in [0, 0.05) is 19.6 Å². The SMILES string of the molecule is CNCc1ccc(F)cc1S(=O)(=O)N1CCCC(C)(C)C1. The van der Waals surface area contributed by atoms with Crippen LogP contribution >= 0.6 is 0 Å². The molecule has 0 aromatic heterocycles. The zero-order valence-electron chi connectivity index (χ0n) is 12.8. The number of benzene rings is 1. The van der Waals surface area contributed by atoms with E-state index in [1.165, 1.54) is 16.4 Å². The maximum Gasteiger partial charge on any atom is 0.243 e. The Morgan fingerprint density at radius 2 is 2.10 bits per heavy atom. The zero-order valence-corrected chi connectivity index (χ0v) is 13.6. The van der Waals surface area contributed by atoms with E-state index in [-0.39, 0.29) is 10.3 Å². The summed E-state index contributed by atoms with van der Waals surface area (Å²) in [6.07, 6.45) is 1.84. The summed E-state index contributed by atoms with van der Waals surface area (Å²) in [5, 5.41) is 2.93. The molecule has 0 spiro atoms. The highest BCUT2D eigenvalue weighted by atomic mass is 32.2. The molecule has 21 heavy (non-hydrogen) atoms. The van der Waals surface area contributed by atoms with Crippen molar-refractivity contribution in [3.8, 4) is 0 Å². The Morgan fingerprint density at radius 1 is 1.38 bits per heavy atom. The lowest BCUT2D eigenvalue weighted by Gasteiger charge is -2.37. The Balaban J connectivity index is 2.41. The molecule has 1 heterocycles. The van der Waals surface area contributed by atoms with Crippen LogP contribution in [0, 0.1) is 11.2 Å². The van der Waals surface area contributed by atoms with E-state index < -0.39 is 15.8 Å². The van der Waals surface area contributed by atoms with Gasteiger partial charge in [0.2, 0.25) is 10.0 Å². The number of hydrogen-bond donors (Lipinski definition) is 1. The number of hydrogen-bond acceptors (Lipinski definition) is 3. The van der Waals surface area contributed by atoms with Crippen molar-refractivity contribution >= 4 is 10.0 Å². The van der Waals surface area contributed by atoms with Crippen molar-refractivity contribution in [3.63, 3.8) is 0 Å². The number of sulfonamides is 1. The third kappa shape index (κ3) is 3.62. The zero-order chi connectivity index (χ0) is 15.7. The maximum atomic E-state index is 13.5. The van der Waals surface area contributed by atoms with Crippen LogP contribution in [0.5, 0.6) is 0 Å². The van der Waals surface area contributed by atoms with Gasteiger partial charge in [-0.15, -0.1) is 0 Å². The lowest BCUT2D eigenvalue weighted by molar-refractivity contribution is 0.187. The van der Waals surface area contributed by atoms with Gasteiger partial charge < -0.3 is 5.32 Å². The average Bonchev–Trinajstić information content (AvgIpc) is 2.40. The Labute approximate surface area is 126 Å². The second-order valence-corrected chi connectivity index (χ2v) is 8.30. The lowest BCUT2D eigenvalue weighted by atomic mass is 9.85. The van der Waals surface area contributed by atoms with E-state index in [9.17, 15) is 12.8 Å². The fourth-order valence-electron chi connectivity index (χ4n) is 2.82. The first kappa shape index (κ1) is 16.4. The van der Waals surface area contributed by atoms with E-state index in [0.29, 0.717) is 25.2 Å². The Bertz CT molecular complexity index is 614. The van der Waals surface area contributed by atoms with Crippen molar-refractivity contribution in [3.05, 3.63) is 29.6 Å². The number of piperidine rings is 1. The highest BCUT2D eigenvalue weighted by Gasteiger charge is 2.35. The molecule has 0 unspecified atom stereocenters. The minimum Gasteiger partial charge on any atom is -0.316 e. The molecule has 1 saturated heterocycles. The van der Waals surface area contributed by atoms with Crippen molar-refractivity contribution in [2.24, 2.45) is 5.41 Å². The molecule has 1 aromatic rings. The first-order chi connectivity index (χ1) is 9.76. The van der Waals surface area contributed by atoms with Crippen LogP contribution in [0.15, 0.2) is 23.1 Å². The summed E-state index contributed by atoms with van der Waals surface area (Å²) in [5.74, 6) is -0.523. The fourth-order valence-corrected chi connectivity index (χ4v) is 4.72. The number of halogens is 1. The molecule has 1 fully saturated rings. The fraction of sp³-hybridized carbons (Fsp3) is 0.600. The van der Waals surface area contributed by atoms with E-state index in [4.69, 9.17) is 0 Å². The van der Waals surface area contributed by atoms with Gasteiger partial charge in [0.05, 0.1) is 4.90 Å². The molecule has 118 valence electrons. The van der Waals surface area contributed by atoms with Gasteiger partial charge in [-0.25, -0.2) is 12.8 Å². The van der Waals surface area contributed by atoms with E-state index in [2.05, 4.69) is 19.2 Å². The molecule has 1 aliphatic heterocycles. The predicted molar refractivity (Wildman–Crippen MR) is 80.9 cm³/mol. The van der Waals surface area contributed by atoms with Gasteiger partial charge in [0.15, 0.2) is 0 Å². The molecule has 1 aliphatic rings. The quantitative estimate of drug-likeness (QED) is 0.928. The van der Waals surface area contributed by atoms with Gasteiger partial charge in [0.1, 0.15) is 5.82 Å². The maximum absolute atomic E-state index is 13.5. The number of nitrogens with zero attached hydrogens (tertiary/aromatic N) is 1. The van der Waals surface area contributed by atoms with Gasteiger partial charge in [0.25, 0.3) is 0 Å². The normalized spacial score (nSPS) is 19.6. The molecule has 0 aliphatic carbocycles. The molecule has 0 amide bonds. The summed E-state index contributed by atoms with van der Waals surface area (Å²) < 4.78 is 40.7. The van der Waals surface area contributed by atoms with Crippen LogP contribution in [-0.4, -0.2) is 32.9 Å². The molecular weight excluding hydrogens is 291 g/mol. The molecule has 1 aromatic carbocycles. The summed E-state index contributed by atoms with van der Waals surface area (Å²) in [6.45, 7) is 5.50.